The number of aromatic nitrogens is 1. The van der Waals surface area contributed by atoms with Crippen molar-refractivity contribution in [1.29, 1.82) is 0 Å². The molecule has 57 heavy (non-hydrogen) atoms. The molecule has 1 aliphatic heterocycles. The number of nitrogens with one attached hydrogen (secondary N) is 3. The summed E-state index contributed by atoms with van der Waals surface area (Å²) in [6, 6.07) is 66.7. The van der Waals surface area contributed by atoms with Crippen LogP contribution in [0.5, 0.6) is 0 Å². The zero-order chi connectivity index (χ0) is 37.5. The van der Waals surface area contributed by atoms with Crippen LogP contribution in [-0.4, -0.2) is 4.57 Å². The van der Waals surface area contributed by atoms with Gasteiger partial charge in [0.25, 0.3) is 0 Å². The average molecular weight is 751 g/mol. The van der Waals surface area contributed by atoms with Gasteiger partial charge in [-0.2, -0.15) is 0 Å². The first-order chi connectivity index (χ1) is 28.3. The molecule has 3 N–H and O–H groups in total. The van der Waals surface area contributed by atoms with Gasteiger partial charge in [0.15, 0.2) is 0 Å². The molecule has 5 heteroatoms. The number of benzene rings is 8. The van der Waals surface area contributed by atoms with E-state index in [9.17, 15) is 0 Å². The van der Waals surface area contributed by atoms with Gasteiger partial charge in [0, 0.05) is 42.9 Å². The highest BCUT2D eigenvalue weighted by molar-refractivity contribution is 7.26. The van der Waals surface area contributed by atoms with Crippen molar-refractivity contribution in [2.45, 2.75) is 24.9 Å². The van der Waals surface area contributed by atoms with Gasteiger partial charge in [-0.1, -0.05) is 158 Å². The van der Waals surface area contributed by atoms with Gasteiger partial charge in [0.2, 0.25) is 0 Å². The van der Waals surface area contributed by atoms with Gasteiger partial charge in [0.05, 0.1) is 35.2 Å². The summed E-state index contributed by atoms with van der Waals surface area (Å²) < 4.78 is 5.11. The van der Waals surface area contributed by atoms with Crippen LogP contribution in [0.2, 0.25) is 0 Å². The van der Waals surface area contributed by atoms with E-state index >= 15 is 0 Å². The second kappa shape index (κ2) is 13.1. The third-order valence-electron chi connectivity index (χ3n) is 12.2. The zero-order valence-electron chi connectivity index (χ0n) is 31.1. The largest absolute Gasteiger partial charge is 0.309 e. The first kappa shape index (κ1) is 32.9. The fraction of sp³-hybridized carbons (Fsp3) is 0.0769. The van der Waals surface area contributed by atoms with Gasteiger partial charge in [0.1, 0.15) is 0 Å². The number of hydrogen-bond acceptors (Lipinski definition) is 4. The number of thiophene rings is 1. The Morgan fingerprint density at radius 2 is 1.00 bits per heavy atom. The Labute approximate surface area is 335 Å². The normalized spacial score (nSPS) is 17.7. The van der Waals surface area contributed by atoms with Gasteiger partial charge < -0.3 is 4.57 Å². The highest BCUT2D eigenvalue weighted by Crippen LogP contribution is 2.49. The van der Waals surface area contributed by atoms with Crippen molar-refractivity contribution in [3.8, 4) is 27.9 Å². The molecular formula is C52H38N4S. The minimum atomic E-state index is -0.0478. The van der Waals surface area contributed by atoms with Gasteiger partial charge in [-0.3, -0.25) is 16.0 Å². The number of para-hydroxylation sites is 2. The molecule has 2 unspecified atom stereocenters. The van der Waals surface area contributed by atoms with Crippen molar-refractivity contribution in [2.75, 3.05) is 0 Å². The Kier molecular flexibility index (Phi) is 7.57. The lowest BCUT2D eigenvalue weighted by atomic mass is 9.93. The van der Waals surface area contributed by atoms with Gasteiger partial charge in [-0.15, -0.1) is 11.3 Å². The summed E-state index contributed by atoms with van der Waals surface area (Å²) >= 11 is 1.91. The lowest BCUT2D eigenvalue weighted by molar-refractivity contribution is 0.203. The Balaban J connectivity index is 0.961. The molecule has 0 bridgehead atoms. The van der Waals surface area contributed by atoms with Crippen molar-refractivity contribution in [3.05, 3.63) is 210 Å². The standard InChI is InChI=1S/C52H38N4S/c1-3-14-32(15-4-1)50-53-51(33-16-5-2-6-17-33)55-52(54-50)35-28-29-38-41-23-12-24-42(49(41)57-47(38)31-35)39-21-11-18-34-30-43-40(48(34)39)22-13-27-46(43)56-44-25-9-7-19-36(44)37-20-8-10-26-45(37)56/h1-29,31,50-55H,30H2. The molecule has 0 radical (unpaired) electrons. The lowest BCUT2D eigenvalue weighted by Crippen LogP contribution is -2.54. The second-order valence-corrected chi connectivity index (χ2v) is 16.4. The third-order valence-corrected chi connectivity index (χ3v) is 13.4. The summed E-state index contributed by atoms with van der Waals surface area (Å²) in [7, 11) is 0. The third kappa shape index (κ3) is 5.24. The second-order valence-electron chi connectivity index (χ2n) is 15.3. The molecule has 272 valence electrons. The molecule has 1 fully saturated rings. The molecule has 8 aromatic carbocycles. The van der Waals surface area contributed by atoms with Gasteiger partial charge in [-0.05, 0) is 68.8 Å². The summed E-state index contributed by atoms with van der Waals surface area (Å²) in [4.78, 5) is 0. The topological polar surface area (TPSA) is 41.0 Å². The van der Waals surface area contributed by atoms with Crippen molar-refractivity contribution in [3.63, 3.8) is 0 Å². The fourth-order valence-corrected chi connectivity index (χ4v) is 10.9. The van der Waals surface area contributed by atoms with E-state index in [1.807, 2.05) is 11.3 Å². The monoisotopic (exact) mass is 750 g/mol. The molecule has 2 atom stereocenters. The molecule has 12 rings (SSSR count). The van der Waals surface area contributed by atoms with Gasteiger partial charge >= 0.3 is 0 Å². The van der Waals surface area contributed by atoms with Crippen molar-refractivity contribution in [2.24, 2.45) is 0 Å². The molecule has 0 amide bonds. The first-order valence-corrected chi connectivity index (χ1v) is 20.6. The van der Waals surface area contributed by atoms with Crippen LogP contribution in [0.3, 0.4) is 0 Å². The number of fused-ring (bicyclic) bond motifs is 9. The van der Waals surface area contributed by atoms with Crippen LogP contribution in [-0.2, 0) is 6.42 Å². The maximum atomic E-state index is 3.87. The van der Waals surface area contributed by atoms with E-state index in [0.717, 1.165) is 6.42 Å². The molecule has 2 aromatic heterocycles. The van der Waals surface area contributed by atoms with E-state index in [2.05, 4.69) is 203 Å². The summed E-state index contributed by atoms with van der Waals surface area (Å²) in [6.45, 7) is 0. The summed E-state index contributed by atoms with van der Waals surface area (Å²) in [5, 5.41) is 16.7. The van der Waals surface area contributed by atoms with E-state index < -0.39 is 0 Å². The molecule has 3 heterocycles. The quantitative estimate of drug-likeness (QED) is 0.164. The van der Waals surface area contributed by atoms with E-state index in [1.165, 1.54) is 97.7 Å². The van der Waals surface area contributed by atoms with Crippen molar-refractivity contribution >= 4 is 53.3 Å². The maximum absolute atomic E-state index is 3.87. The van der Waals surface area contributed by atoms with Crippen LogP contribution in [0.15, 0.2) is 182 Å². The molecule has 1 aliphatic carbocycles. The highest BCUT2D eigenvalue weighted by atomic mass is 32.1. The smallest absolute Gasteiger partial charge is 0.0865 e. The van der Waals surface area contributed by atoms with E-state index in [4.69, 9.17) is 0 Å². The minimum Gasteiger partial charge on any atom is -0.309 e. The molecule has 4 nitrogen and oxygen atoms in total. The van der Waals surface area contributed by atoms with E-state index in [-0.39, 0.29) is 18.5 Å². The number of nitrogens with zero attached hydrogens (tertiary/aromatic N) is 1. The Morgan fingerprint density at radius 3 is 1.70 bits per heavy atom. The molecule has 10 aromatic rings. The predicted molar refractivity (Wildman–Crippen MR) is 238 cm³/mol. The molecule has 0 spiro atoms. The number of hydrogen-bond donors (Lipinski definition) is 3. The van der Waals surface area contributed by atoms with Crippen LogP contribution in [0.25, 0.3) is 69.9 Å². The van der Waals surface area contributed by atoms with E-state index in [1.54, 1.807) is 0 Å². The predicted octanol–water partition coefficient (Wildman–Crippen LogP) is 12.6. The van der Waals surface area contributed by atoms with E-state index in [0.29, 0.717) is 0 Å². The van der Waals surface area contributed by atoms with Crippen molar-refractivity contribution < 1.29 is 0 Å². The first-order valence-electron chi connectivity index (χ1n) is 19.8. The Bertz CT molecular complexity index is 3060. The molecule has 0 saturated carbocycles. The molecule has 1 saturated heterocycles. The number of rotatable bonds is 5. The molecule has 2 aliphatic rings. The Morgan fingerprint density at radius 1 is 0.439 bits per heavy atom. The van der Waals surface area contributed by atoms with Crippen LogP contribution >= 0.6 is 11.3 Å². The van der Waals surface area contributed by atoms with Crippen LogP contribution in [0, 0.1) is 0 Å². The molecular weight excluding hydrogens is 713 g/mol. The summed E-state index contributed by atoms with van der Waals surface area (Å²) in [5.41, 5.74) is 15.5. The van der Waals surface area contributed by atoms with Gasteiger partial charge in [-0.25, -0.2) is 0 Å². The zero-order valence-corrected chi connectivity index (χ0v) is 31.9. The Hall–Kier alpha value is -6.34. The van der Waals surface area contributed by atoms with Crippen LogP contribution in [0.4, 0.5) is 0 Å². The summed E-state index contributed by atoms with van der Waals surface area (Å²) in [6.07, 6.45) is 0.844. The SMILES string of the molecule is c1ccc(C2NC(c3ccccc3)NC(c3ccc4c(c3)sc3c(-c5cccc6c5-c5cccc(-n7c8ccccc8c8ccccc87)c5C6)cccc34)N2)cc1. The van der Waals surface area contributed by atoms with Crippen molar-refractivity contribution in [1.82, 2.24) is 20.5 Å². The highest BCUT2D eigenvalue weighted by Gasteiger charge is 2.31. The maximum Gasteiger partial charge on any atom is 0.0865 e. The average Bonchev–Trinajstić information content (AvgIpc) is 3.96. The lowest BCUT2D eigenvalue weighted by Gasteiger charge is -2.39. The minimum absolute atomic E-state index is 0.00844. The fourth-order valence-electron chi connectivity index (χ4n) is 9.59. The summed E-state index contributed by atoms with van der Waals surface area (Å²) in [5.74, 6) is 0. The van der Waals surface area contributed by atoms with Crippen LogP contribution < -0.4 is 16.0 Å². The van der Waals surface area contributed by atoms with Crippen LogP contribution in [0.1, 0.15) is 46.3 Å².